The topological polar surface area (TPSA) is 67.1 Å². The van der Waals surface area contributed by atoms with Crippen molar-refractivity contribution in [3.63, 3.8) is 0 Å². The summed E-state index contributed by atoms with van der Waals surface area (Å²) in [7, 11) is 0. The Balaban J connectivity index is 2.04. The third-order valence-corrected chi connectivity index (χ3v) is 4.11. The maximum absolute atomic E-state index is 5.99. The fourth-order valence-electron chi connectivity index (χ4n) is 2.85. The van der Waals surface area contributed by atoms with Crippen molar-refractivity contribution >= 4 is 11.6 Å². The molecule has 1 saturated heterocycles. The molecule has 2 rings (SSSR count). The Morgan fingerprint density at radius 3 is 2.85 bits per heavy atom. The van der Waals surface area contributed by atoms with Crippen LogP contribution in [-0.2, 0) is 6.42 Å². The second-order valence-corrected chi connectivity index (χ2v) is 5.55. The lowest BCUT2D eigenvalue weighted by atomic mass is 10.2. The van der Waals surface area contributed by atoms with Gasteiger partial charge in [0.1, 0.15) is 17.5 Å². The van der Waals surface area contributed by atoms with Crippen molar-refractivity contribution in [2.75, 3.05) is 30.7 Å². The monoisotopic (exact) mass is 277 g/mol. The molecule has 0 aromatic carbocycles. The Morgan fingerprint density at radius 1 is 1.35 bits per heavy atom. The van der Waals surface area contributed by atoms with Gasteiger partial charge in [-0.1, -0.05) is 13.8 Å². The van der Waals surface area contributed by atoms with E-state index in [4.69, 9.17) is 5.73 Å². The fraction of sp³-hybridized carbons (Fsp3) is 0.733. The summed E-state index contributed by atoms with van der Waals surface area (Å²) in [6.07, 6.45) is 4.48. The molecule has 5 nitrogen and oxygen atoms in total. The maximum Gasteiger partial charge on any atom is 0.134 e. The highest BCUT2D eigenvalue weighted by Crippen LogP contribution is 2.20. The highest BCUT2D eigenvalue weighted by atomic mass is 15.2. The number of nitrogens with two attached hydrogens (primary N) is 1. The van der Waals surface area contributed by atoms with Crippen LogP contribution in [0.1, 0.15) is 44.5 Å². The van der Waals surface area contributed by atoms with E-state index in [9.17, 15) is 0 Å². The van der Waals surface area contributed by atoms with E-state index in [0.29, 0.717) is 11.9 Å². The van der Waals surface area contributed by atoms with Gasteiger partial charge in [-0.25, -0.2) is 9.97 Å². The first kappa shape index (κ1) is 15.0. The van der Waals surface area contributed by atoms with Crippen molar-refractivity contribution in [1.29, 1.82) is 0 Å². The van der Waals surface area contributed by atoms with Crippen molar-refractivity contribution in [1.82, 2.24) is 14.9 Å². The standard InChI is InChI=1S/C15H27N5/c1-4-7-13-18-14(16)11(3)15(19-13)17-10-12-8-6-9-20(12)5-2/h12H,4-10H2,1-3H3,(H3,16,17,18,19). The van der Waals surface area contributed by atoms with Gasteiger partial charge in [0.05, 0.1) is 0 Å². The van der Waals surface area contributed by atoms with Crippen LogP contribution in [0.2, 0.25) is 0 Å². The Labute approximate surface area is 122 Å². The SMILES string of the molecule is CCCc1nc(N)c(C)c(NCC2CCCN2CC)n1. The molecule has 1 aliphatic rings. The van der Waals surface area contributed by atoms with E-state index >= 15 is 0 Å². The second kappa shape index (κ2) is 6.88. The minimum absolute atomic E-state index is 0.602. The van der Waals surface area contributed by atoms with Gasteiger partial charge in [-0.15, -0.1) is 0 Å². The molecule has 1 unspecified atom stereocenters. The highest BCUT2D eigenvalue weighted by molar-refractivity contribution is 5.54. The number of hydrogen-bond donors (Lipinski definition) is 2. The minimum Gasteiger partial charge on any atom is -0.383 e. The minimum atomic E-state index is 0.602. The summed E-state index contributed by atoms with van der Waals surface area (Å²) in [4.78, 5) is 11.5. The van der Waals surface area contributed by atoms with Crippen LogP contribution in [0.3, 0.4) is 0 Å². The largest absolute Gasteiger partial charge is 0.383 e. The van der Waals surface area contributed by atoms with E-state index in [1.165, 1.54) is 19.4 Å². The van der Waals surface area contributed by atoms with Crippen LogP contribution in [0.25, 0.3) is 0 Å². The van der Waals surface area contributed by atoms with Crippen LogP contribution in [0, 0.1) is 6.92 Å². The lowest BCUT2D eigenvalue weighted by Crippen LogP contribution is -2.35. The van der Waals surface area contributed by atoms with Gasteiger partial charge in [0.25, 0.3) is 0 Å². The smallest absolute Gasteiger partial charge is 0.134 e. The van der Waals surface area contributed by atoms with Gasteiger partial charge in [0.15, 0.2) is 0 Å². The Hall–Kier alpha value is -1.36. The van der Waals surface area contributed by atoms with Crippen molar-refractivity contribution in [2.45, 2.75) is 52.5 Å². The van der Waals surface area contributed by atoms with E-state index in [2.05, 4.69) is 34.0 Å². The van der Waals surface area contributed by atoms with E-state index in [-0.39, 0.29) is 0 Å². The quantitative estimate of drug-likeness (QED) is 0.834. The first-order valence-corrected chi connectivity index (χ1v) is 7.76. The first-order valence-electron chi connectivity index (χ1n) is 7.76. The lowest BCUT2D eigenvalue weighted by molar-refractivity contribution is 0.277. The van der Waals surface area contributed by atoms with Crippen molar-refractivity contribution in [3.8, 4) is 0 Å². The second-order valence-electron chi connectivity index (χ2n) is 5.55. The molecule has 0 aliphatic carbocycles. The number of rotatable bonds is 6. The zero-order chi connectivity index (χ0) is 14.5. The molecule has 1 atom stereocenters. The van der Waals surface area contributed by atoms with Crippen LogP contribution < -0.4 is 11.1 Å². The summed E-state index contributed by atoms with van der Waals surface area (Å²) in [6.45, 7) is 9.62. The molecule has 0 radical (unpaired) electrons. The summed E-state index contributed by atoms with van der Waals surface area (Å²) in [5, 5.41) is 3.49. The average Bonchev–Trinajstić information content (AvgIpc) is 2.89. The van der Waals surface area contributed by atoms with Crippen LogP contribution in [0.4, 0.5) is 11.6 Å². The third-order valence-electron chi connectivity index (χ3n) is 4.11. The molecule has 1 fully saturated rings. The predicted molar refractivity (Wildman–Crippen MR) is 83.9 cm³/mol. The normalized spacial score (nSPS) is 19.4. The average molecular weight is 277 g/mol. The number of nitrogen functional groups attached to an aromatic ring is 1. The van der Waals surface area contributed by atoms with Crippen LogP contribution >= 0.6 is 0 Å². The van der Waals surface area contributed by atoms with Gasteiger partial charge >= 0.3 is 0 Å². The van der Waals surface area contributed by atoms with Gasteiger partial charge < -0.3 is 11.1 Å². The molecular formula is C15H27N5. The Bertz CT molecular complexity index is 446. The van der Waals surface area contributed by atoms with Crippen molar-refractivity contribution in [3.05, 3.63) is 11.4 Å². The zero-order valence-corrected chi connectivity index (χ0v) is 12.9. The van der Waals surface area contributed by atoms with Crippen molar-refractivity contribution in [2.24, 2.45) is 0 Å². The van der Waals surface area contributed by atoms with Crippen LogP contribution in [0.5, 0.6) is 0 Å². The molecule has 112 valence electrons. The third kappa shape index (κ3) is 3.39. The van der Waals surface area contributed by atoms with Gasteiger partial charge in [-0.05, 0) is 39.3 Å². The molecule has 0 amide bonds. The van der Waals surface area contributed by atoms with E-state index < -0.39 is 0 Å². The molecule has 1 aromatic rings. The molecule has 1 aromatic heterocycles. The molecule has 0 bridgehead atoms. The lowest BCUT2D eigenvalue weighted by Gasteiger charge is -2.23. The van der Waals surface area contributed by atoms with E-state index in [1.807, 2.05) is 6.92 Å². The summed E-state index contributed by atoms with van der Waals surface area (Å²) in [5.74, 6) is 2.35. The zero-order valence-electron chi connectivity index (χ0n) is 12.9. The highest BCUT2D eigenvalue weighted by Gasteiger charge is 2.23. The number of aryl methyl sites for hydroxylation is 1. The molecule has 2 heterocycles. The summed E-state index contributed by atoms with van der Waals surface area (Å²) >= 11 is 0. The first-order chi connectivity index (χ1) is 9.65. The van der Waals surface area contributed by atoms with Crippen molar-refractivity contribution < 1.29 is 0 Å². The number of hydrogen-bond acceptors (Lipinski definition) is 5. The number of anilines is 2. The Morgan fingerprint density at radius 2 is 2.15 bits per heavy atom. The van der Waals surface area contributed by atoms with Gasteiger partial charge in [0, 0.05) is 24.6 Å². The number of nitrogens with zero attached hydrogens (tertiary/aromatic N) is 3. The molecule has 20 heavy (non-hydrogen) atoms. The number of likely N-dealkylation sites (tertiary alicyclic amines) is 1. The van der Waals surface area contributed by atoms with Crippen LogP contribution in [0.15, 0.2) is 0 Å². The molecular weight excluding hydrogens is 250 g/mol. The van der Waals surface area contributed by atoms with E-state index in [0.717, 1.165) is 43.1 Å². The summed E-state index contributed by atoms with van der Waals surface area (Å²) in [6, 6.07) is 0.616. The van der Waals surface area contributed by atoms with Crippen LogP contribution in [-0.4, -0.2) is 40.5 Å². The van der Waals surface area contributed by atoms with E-state index in [1.54, 1.807) is 0 Å². The Kier molecular flexibility index (Phi) is 5.17. The van der Waals surface area contributed by atoms with Gasteiger partial charge in [0.2, 0.25) is 0 Å². The molecule has 0 saturated carbocycles. The van der Waals surface area contributed by atoms with Gasteiger partial charge in [-0.3, -0.25) is 4.90 Å². The number of likely N-dealkylation sites (N-methyl/N-ethyl adjacent to an activating group) is 1. The van der Waals surface area contributed by atoms with Gasteiger partial charge in [-0.2, -0.15) is 0 Å². The number of aromatic nitrogens is 2. The molecule has 5 heteroatoms. The number of nitrogens with one attached hydrogen (secondary N) is 1. The summed E-state index contributed by atoms with van der Waals surface area (Å²) < 4.78 is 0. The molecule has 0 spiro atoms. The molecule has 3 N–H and O–H groups in total. The predicted octanol–water partition coefficient (Wildman–Crippen LogP) is 2.22. The maximum atomic E-state index is 5.99. The molecule has 1 aliphatic heterocycles. The fourth-order valence-corrected chi connectivity index (χ4v) is 2.85. The summed E-state index contributed by atoms with van der Waals surface area (Å²) in [5.41, 5.74) is 6.95.